The highest BCUT2D eigenvalue weighted by atomic mass is 79.9. The predicted octanol–water partition coefficient (Wildman–Crippen LogP) is 4.09. The average molecular weight is 355 g/mol. The smallest absolute Gasteiger partial charge is 0.123 e. The second-order valence-electron chi connectivity index (χ2n) is 4.38. The van der Waals surface area contributed by atoms with E-state index in [0.717, 1.165) is 53.5 Å². The summed E-state index contributed by atoms with van der Waals surface area (Å²) < 4.78 is 6.38. The van der Waals surface area contributed by atoms with Gasteiger partial charge < -0.3 is 10.1 Å². The molecule has 0 spiro atoms. The van der Waals surface area contributed by atoms with Gasteiger partial charge in [0.15, 0.2) is 0 Å². The standard InChI is InChI=1S/C15H19BrN2OS/c1-2-19-8-4-7-17-10-14-11-20-15(18-14)12-5-3-6-13(16)9-12/h3,5-6,9,11,17H,2,4,7-8,10H2,1H3. The predicted molar refractivity (Wildman–Crippen MR) is 88.1 cm³/mol. The monoisotopic (exact) mass is 354 g/mol. The number of benzene rings is 1. The molecule has 0 aliphatic carbocycles. The number of nitrogens with zero attached hydrogens (tertiary/aromatic N) is 1. The molecule has 0 saturated heterocycles. The number of halogens is 1. The molecule has 2 aromatic rings. The Balaban J connectivity index is 1.80. The molecule has 1 N–H and O–H groups in total. The zero-order chi connectivity index (χ0) is 14.2. The number of nitrogens with one attached hydrogen (secondary N) is 1. The summed E-state index contributed by atoms with van der Waals surface area (Å²) >= 11 is 5.18. The Labute approximate surface area is 132 Å². The van der Waals surface area contributed by atoms with Crippen LogP contribution in [0.2, 0.25) is 0 Å². The van der Waals surface area contributed by atoms with Gasteiger partial charge in [0, 0.05) is 35.2 Å². The third-order valence-corrected chi connectivity index (χ3v) is 4.21. The molecular formula is C15H19BrN2OS. The average Bonchev–Trinajstić information content (AvgIpc) is 2.91. The van der Waals surface area contributed by atoms with Crippen molar-refractivity contribution in [2.45, 2.75) is 19.9 Å². The van der Waals surface area contributed by atoms with Crippen molar-refractivity contribution in [3.05, 3.63) is 39.8 Å². The van der Waals surface area contributed by atoms with Gasteiger partial charge in [0.1, 0.15) is 5.01 Å². The third-order valence-electron chi connectivity index (χ3n) is 2.78. The van der Waals surface area contributed by atoms with Crippen molar-refractivity contribution >= 4 is 27.3 Å². The van der Waals surface area contributed by atoms with Crippen molar-refractivity contribution in [3.63, 3.8) is 0 Å². The van der Waals surface area contributed by atoms with E-state index in [2.05, 4.69) is 43.7 Å². The van der Waals surface area contributed by atoms with Crippen LogP contribution in [-0.2, 0) is 11.3 Å². The summed E-state index contributed by atoms with van der Waals surface area (Å²) in [7, 11) is 0. The van der Waals surface area contributed by atoms with Crippen molar-refractivity contribution in [2.75, 3.05) is 19.8 Å². The molecular weight excluding hydrogens is 336 g/mol. The third kappa shape index (κ3) is 4.98. The van der Waals surface area contributed by atoms with Crippen molar-refractivity contribution in [3.8, 4) is 10.6 Å². The van der Waals surface area contributed by atoms with E-state index in [0.29, 0.717) is 0 Å². The molecule has 0 aliphatic heterocycles. The molecule has 3 nitrogen and oxygen atoms in total. The van der Waals surface area contributed by atoms with Crippen molar-refractivity contribution in [2.24, 2.45) is 0 Å². The fraction of sp³-hybridized carbons (Fsp3) is 0.400. The zero-order valence-corrected chi connectivity index (χ0v) is 14.0. The molecule has 1 heterocycles. The second kappa shape index (κ2) is 8.52. The molecule has 0 amide bonds. The Morgan fingerprint density at radius 2 is 2.30 bits per heavy atom. The fourth-order valence-corrected chi connectivity index (χ4v) is 3.02. The lowest BCUT2D eigenvalue weighted by molar-refractivity contribution is 0.144. The van der Waals surface area contributed by atoms with Crippen LogP contribution in [0.15, 0.2) is 34.1 Å². The van der Waals surface area contributed by atoms with Crippen LogP contribution in [0.1, 0.15) is 19.0 Å². The van der Waals surface area contributed by atoms with E-state index in [1.165, 1.54) is 0 Å². The van der Waals surface area contributed by atoms with Crippen molar-refractivity contribution in [1.29, 1.82) is 0 Å². The molecule has 0 aliphatic rings. The van der Waals surface area contributed by atoms with Gasteiger partial charge >= 0.3 is 0 Å². The Kier molecular flexibility index (Phi) is 6.66. The maximum Gasteiger partial charge on any atom is 0.123 e. The number of aromatic nitrogens is 1. The van der Waals surface area contributed by atoms with Crippen molar-refractivity contribution in [1.82, 2.24) is 10.3 Å². The molecule has 0 atom stereocenters. The van der Waals surface area contributed by atoms with Gasteiger partial charge in [-0.1, -0.05) is 28.1 Å². The minimum atomic E-state index is 0.794. The quantitative estimate of drug-likeness (QED) is 0.725. The number of hydrogen-bond acceptors (Lipinski definition) is 4. The Bertz CT molecular complexity index is 530. The van der Waals surface area contributed by atoms with E-state index < -0.39 is 0 Å². The van der Waals surface area contributed by atoms with E-state index in [1.807, 2.05) is 19.1 Å². The first-order valence-corrected chi connectivity index (χ1v) is 8.45. The molecule has 0 unspecified atom stereocenters. The Hall–Kier alpha value is -0.750. The number of ether oxygens (including phenoxy) is 1. The normalized spacial score (nSPS) is 10.9. The lowest BCUT2D eigenvalue weighted by Crippen LogP contribution is -2.16. The molecule has 0 saturated carbocycles. The van der Waals surface area contributed by atoms with Gasteiger partial charge in [-0.15, -0.1) is 11.3 Å². The van der Waals surface area contributed by atoms with Crippen LogP contribution in [0.3, 0.4) is 0 Å². The summed E-state index contributed by atoms with van der Waals surface area (Å²) in [5.74, 6) is 0. The van der Waals surface area contributed by atoms with Crippen LogP contribution in [0.5, 0.6) is 0 Å². The largest absolute Gasteiger partial charge is 0.382 e. The van der Waals surface area contributed by atoms with Crippen LogP contribution in [0, 0.1) is 0 Å². The van der Waals surface area contributed by atoms with Crippen LogP contribution >= 0.6 is 27.3 Å². The number of hydrogen-bond donors (Lipinski definition) is 1. The summed E-state index contributed by atoms with van der Waals surface area (Å²) in [4.78, 5) is 4.66. The molecule has 20 heavy (non-hydrogen) atoms. The first-order chi connectivity index (χ1) is 9.79. The van der Waals surface area contributed by atoms with E-state index in [9.17, 15) is 0 Å². The van der Waals surface area contributed by atoms with Crippen LogP contribution in [-0.4, -0.2) is 24.7 Å². The van der Waals surface area contributed by atoms with Gasteiger partial charge in [0.25, 0.3) is 0 Å². The molecule has 0 fully saturated rings. The van der Waals surface area contributed by atoms with Gasteiger partial charge in [0.05, 0.1) is 5.69 Å². The highest BCUT2D eigenvalue weighted by Gasteiger charge is 2.04. The van der Waals surface area contributed by atoms with Gasteiger partial charge in [-0.25, -0.2) is 4.98 Å². The Morgan fingerprint density at radius 1 is 1.40 bits per heavy atom. The topological polar surface area (TPSA) is 34.1 Å². The van der Waals surface area contributed by atoms with E-state index in [4.69, 9.17) is 4.74 Å². The second-order valence-corrected chi connectivity index (χ2v) is 6.16. The maximum atomic E-state index is 5.30. The van der Waals surface area contributed by atoms with Gasteiger partial charge in [-0.2, -0.15) is 0 Å². The fourth-order valence-electron chi connectivity index (χ4n) is 1.80. The highest BCUT2D eigenvalue weighted by Crippen LogP contribution is 2.26. The number of thiazole rings is 1. The Morgan fingerprint density at radius 3 is 3.10 bits per heavy atom. The summed E-state index contributed by atoms with van der Waals surface area (Å²) in [6.45, 7) is 5.42. The first kappa shape index (κ1) is 15.6. The SMILES string of the molecule is CCOCCCNCc1csc(-c2cccc(Br)c2)n1. The summed E-state index contributed by atoms with van der Waals surface area (Å²) in [5.41, 5.74) is 2.26. The van der Waals surface area contributed by atoms with E-state index in [-0.39, 0.29) is 0 Å². The molecule has 108 valence electrons. The van der Waals surface area contributed by atoms with Gasteiger partial charge in [0.2, 0.25) is 0 Å². The summed E-state index contributed by atoms with van der Waals surface area (Å²) in [6, 6.07) is 8.24. The summed E-state index contributed by atoms with van der Waals surface area (Å²) in [6.07, 6.45) is 1.04. The molecule has 0 radical (unpaired) electrons. The lowest BCUT2D eigenvalue weighted by Gasteiger charge is -2.02. The zero-order valence-electron chi connectivity index (χ0n) is 11.6. The van der Waals surface area contributed by atoms with Crippen molar-refractivity contribution < 1.29 is 4.74 Å². The molecule has 2 rings (SSSR count). The lowest BCUT2D eigenvalue weighted by atomic mass is 10.2. The first-order valence-electron chi connectivity index (χ1n) is 6.78. The van der Waals surface area contributed by atoms with Crippen LogP contribution in [0.25, 0.3) is 10.6 Å². The van der Waals surface area contributed by atoms with E-state index >= 15 is 0 Å². The molecule has 1 aromatic carbocycles. The van der Waals surface area contributed by atoms with Gasteiger partial charge in [-0.05, 0) is 32.0 Å². The highest BCUT2D eigenvalue weighted by molar-refractivity contribution is 9.10. The minimum Gasteiger partial charge on any atom is -0.382 e. The molecule has 0 bridgehead atoms. The van der Waals surface area contributed by atoms with Gasteiger partial charge in [-0.3, -0.25) is 0 Å². The number of rotatable bonds is 8. The minimum absolute atomic E-state index is 0.794. The summed E-state index contributed by atoms with van der Waals surface area (Å²) in [5, 5.41) is 6.58. The van der Waals surface area contributed by atoms with Crippen LogP contribution in [0.4, 0.5) is 0 Å². The molecule has 1 aromatic heterocycles. The van der Waals surface area contributed by atoms with Crippen LogP contribution < -0.4 is 5.32 Å². The maximum absolute atomic E-state index is 5.30. The van der Waals surface area contributed by atoms with E-state index in [1.54, 1.807) is 11.3 Å². The molecule has 5 heteroatoms.